The second-order valence-corrected chi connectivity index (χ2v) is 5.36. The molecule has 0 saturated carbocycles. The van der Waals surface area contributed by atoms with Crippen LogP contribution in [0.2, 0.25) is 0 Å². The van der Waals surface area contributed by atoms with Gasteiger partial charge in [-0.05, 0) is 26.0 Å². The van der Waals surface area contributed by atoms with Crippen molar-refractivity contribution in [3.8, 4) is 0 Å². The Labute approximate surface area is 127 Å². The van der Waals surface area contributed by atoms with Crippen molar-refractivity contribution in [3.05, 3.63) is 46.2 Å². The molecular weight excluding hydrogens is 282 g/mol. The van der Waals surface area contributed by atoms with Gasteiger partial charge in [-0.25, -0.2) is 0 Å². The van der Waals surface area contributed by atoms with E-state index in [1.165, 1.54) is 4.90 Å². The van der Waals surface area contributed by atoms with Crippen molar-refractivity contribution in [2.75, 3.05) is 16.0 Å². The fourth-order valence-corrected chi connectivity index (χ4v) is 2.58. The predicted octanol–water partition coefficient (Wildman–Crippen LogP) is 1.20. The van der Waals surface area contributed by atoms with E-state index in [1.807, 2.05) is 19.9 Å². The van der Waals surface area contributed by atoms with Crippen molar-refractivity contribution in [3.63, 3.8) is 0 Å². The Bertz CT molecular complexity index is 771. The molecule has 0 spiro atoms. The van der Waals surface area contributed by atoms with Crippen LogP contribution in [0.3, 0.4) is 0 Å². The van der Waals surface area contributed by atoms with Crippen LogP contribution in [0, 0.1) is 0 Å². The minimum absolute atomic E-state index is 0.0186. The SMILES string of the molecule is C[C@@H]1Nc2nc(N)[nH]c(=O)c2N(C(=O)c2ccccc2)[C@H]1C. The first-order valence-electron chi connectivity index (χ1n) is 7.04. The van der Waals surface area contributed by atoms with Crippen molar-refractivity contribution < 1.29 is 4.79 Å². The van der Waals surface area contributed by atoms with E-state index in [1.54, 1.807) is 24.3 Å². The lowest BCUT2D eigenvalue weighted by atomic mass is 10.0. The lowest BCUT2D eigenvalue weighted by molar-refractivity contribution is 0.0974. The number of rotatable bonds is 1. The van der Waals surface area contributed by atoms with Crippen LogP contribution < -0.4 is 21.5 Å². The number of H-pyrrole nitrogens is 1. The number of nitrogen functional groups attached to an aromatic ring is 1. The minimum atomic E-state index is -0.432. The van der Waals surface area contributed by atoms with E-state index in [0.29, 0.717) is 11.4 Å². The standard InChI is InChI=1S/C15H17N5O2/c1-8-9(2)20(14(22)10-6-4-3-5-7-10)11-12(17-8)18-15(16)19-13(11)21/h3-9H,1-2H3,(H4,16,17,18,19,21)/t8-,9-/m0/s1. The fourth-order valence-electron chi connectivity index (χ4n) is 2.58. The first-order valence-corrected chi connectivity index (χ1v) is 7.04. The second-order valence-electron chi connectivity index (χ2n) is 5.36. The Morgan fingerprint density at radius 2 is 1.95 bits per heavy atom. The van der Waals surface area contributed by atoms with Crippen LogP contribution in [-0.2, 0) is 0 Å². The lowest BCUT2D eigenvalue weighted by Gasteiger charge is -2.38. The van der Waals surface area contributed by atoms with Crippen LogP contribution in [0.1, 0.15) is 24.2 Å². The summed E-state index contributed by atoms with van der Waals surface area (Å²) in [6.07, 6.45) is 0. The number of nitrogens with two attached hydrogens (primary N) is 1. The van der Waals surface area contributed by atoms with Gasteiger partial charge in [-0.3, -0.25) is 19.5 Å². The number of aromatic amines is 1. The molecule has 0 radical (unpaired) electrons. The average molecular weight is 299 g/mol. The third kappa shape index (κ3) is 2.20. The zero-order valence-corrected chi connectivity index (χ0v) is 12.3. The molecule has 2 atom stereocenters. The van der Waals surface area contributed by atoms with Crippen LogP contribution >= 0.6 is 0 Å². The zero-order valence-electron chi connectivity index (χ0n) is 12.3. The summed E-state index contributed by atoms with van der Waals surface area (Å²) in [7, 11) is 0. The molecule has 0 unspecified atom stereocenters. The fraction of sp³-hybridized carbons (Fsp3) is 0.267. The van der Waals surface area contributed by atoms with E-state index >= 15 is 0 Å². The van der Waals surface area contributed by atoms with Gasteiger partial charge >= 0.3 is 0 Å². The molecule has 7 heteroatoms. The summed E-state index contributed by atoms with van der Waals surface area (Å²) < 4.78 is 0. The highest BCUT2D eigenvalue weighted by molar-refractivity contribution is 6.08. The monoisotopic (exact) mass is 299 g/mol. The summed E-state index contributed by atoms with van der Waals surface area (Å²) in [5.41, 5.74) is 5.87. The smallest absolute Gasteiger partial charge is 0.278 e. The summed E-state index contributed by atoms with van der Waals surface area (Å²) >= 11 is 0. The first-order chi connectivity index (χ1) is 10.5. The average Bonchev–Trinajstić information content (AvgIpc) is 2.49. The van der Waals surface area contributed by atoms with E-state index < -0.39 is 5.56 Å². The number of anilines is 3. The van der Waals surface area contributed by atoms with Crippen molar-refractivity contribution in [2.24, 2.45) is 0 Å². The molecule has 0 saturated heterocycles. The molecule has 0 fully saturated rings. The summed E-state index contributed by atoms with van der Waals surface area (Å²) in [5, 5.41) is 3.12. The van der Waals surface area contributed by atoms with Crippen molar-refractivity contribution in [1.82, 2.24) is 9.97 Å². The van der Waals surface area contributed by atoms with Crippen LogP contribution in [-0.4, -0.2) is 28.0 Å². The third-order valence-electron chi connectivity index (χ3n) is 3.89. The molecule has 3 rings (SSSR count). The highest BCUT2D eigenvalue weighted by Crippen LogP contribution is 2.30. The van der Waals surface area contributed by atoms with Gasteiger partial charge in [-0.2, -0.15) is 4.98 Å². The Hall–Kier alpha value is -2.83. The van der Waals surface area contributed by atoms with E-state index in [2.05, 4.69) is 15.3 Å². The van der Waals surface area contributed by atoms with E-state index in [0.717, 1.165) is 0 Å². The van der Waals surface area contributed by atoms with Crippen molar-refractivity contribution in [1.29, 1.82) is 0 Å². The number of nitrogens with zero attached hydrogens (tertiary/aromatic N) is 2. The molecule has 0 bridgehead atoms. The number of benzene rings is 1. The van der Waals surface area contributed by atoms with Gasteiger partial charge in [0.2, 0.25) is 5.95 Å². The highest BCUT2D eigenvalue weighted by Gasteiger charge is 2.36. The maximum absolute atomic E-state index is 12.8. The van der Waals surface area contributed by atoms with E-state index in [9.17, 15) is 9.59 Å². The van der Waals surface area contributed by atoms with E-state index in [-0.39, 0.29) is 29.6 Å². The van der Waals surface area contributed by atoms with Crippen LogP contribution in [0.15, 0.2) is 35.1 Å². The summed E-state index contributed by atoms with van der Waals surface area (Å²) in [6.45, 7) is 3.81. The molecule has 2 aromatic rings. The van der Waals surface area contributed by atoms with Gasteiger partial charge in [0, 0.05) is 11.6 Å². The van der Waals surface area contributed by atoms with Crippen molar-refractivity contribution >= 4 is 23.4 Å². The number of aromatic nitrogens is 2. The molecule has 1 aliphatic heterocycles. The molecule has 0 aliphatic carbocycles. The summed E-state index contributed by atoms with van der Waals surface area (Å²) in [4.78, 5) is 33.1. The van der Waals surface area contributed by atoms with Crippen LogP contribution in [0.4, 0.5) is 17.5 Å². The van der Waals surface area contributed by atoms with Crippen molar-refractivity contribution in [2.45, 2.75) is 25.9 Å². The third-order valence-corrected chi connectivity index (χ3v) is 3.89. The maximum atomic E-state index is 12.8. The Morgan fingerprint density at radius 1 is 1.27 bits per heavy atom. The number of hydrogen-bond donors (Lipinski definition) is 3. The Balaban J connectivity index is 2.15. The molecule has 2 heterocycles. The molecule has 1 amide bonds. The molecule has 1 aromatic carbocycles. The highest BCUT2D eigenvalue weighted by atomic mass is 16.2. The van der Waals surface area contributed by atoms with Gasteiger partial charge in [0.1, 0.15) is 0 Å². The molecule has 1 aromatic heterocycles. The zero-order chi connectivity index (χ0) is 15.9. The number of nitrogens with one attached hydrogen (secondary N) is 2. The number of carbonyl (C=O) groups excluding carboxylic acids is 1. The minimum Gasteiger partial charge on any atom is -0.369 e. The van der Waals surface area contributed by atoms with Crippen LogP contribution in [0.25, 0.3) is 0 Å². The Morgan fingerprint density at radius 3 is 2.64 bits per heavy atom. The molecule has 114 valence electrons. The second kappa shape index (κ2) is 5.18. The molecule has 4 N–H and O–H groups in total. The molecular formula is C15H17N5O2. The van der Waals surface area contributed by atoms with Gasteiger partial charge in [-0.1, -0.05) is 18.2 Å². The molecule has 1 aliphatic rings. The largest absolute Gasteiger partial charge is 0.369 e. The van der Waals surface area contributed by atoms with E-state index in [4.69, 9.17) is 5.73 Å². The number of carbonyl (C=O) groups is 1. The van der Waals surface area contributed by atoms with Gasteiger partial charge in [0.05, 0.1) is 6.04 Å². The predicted molar refractivity (Wildman–Crippen MR) is 85.1 cm³/mol. The first kappa shape index (κ1) is 14.1. The van der Waals surface area contributed by atoms with Gasteiger partial charge in [-0.15, -0.1) is 0 Å². The molecule has 7 nitrogen and oxygen atoms in total. The molecule has 22 heavy (non-hydrogen) atoms. The number of fused-ring (bicyclic) bond motifs is 1. The quantitative estimate of drug-likeness (QED) is 0.734. The Kier molecular flexibility index (Phi) is 3.32. The number of amides is 1. The van der Waals surface area contributed by atoms with Crippen LogP contribution in [0.5, 0.6) is 0 Å². The topological polar surface area (TPSA) is 104 Å². The van der Waals surface area contributed by atoms with Gasteiger partial charge < -0.3 is 11.1 Å². The maximum Gasteiger partial charge on any atom is 0.278 e. The normalized spacial score (nSPS) is 20.2. The summed E-state index contributed by atoms with van der Waals surface area (Å²) in [6, 6.07) is 8.59. The number of hydrogen-bond acceptors (Lipinski definition) is 5. The summed E-state index contributed by atoms with van der Waals surface area (Å²) in [5.74, 6) is 0.112. The van der Waals surface area contributed by atoms with Gasteiger partial charge in [0.15, 0.2) is 11.5 Å². The van der Waals surface area contributed by atoms with Gasteiger partial charge in [0.25, 0.3) is 11.5 Å². The lowest BCUT2D eigenvalue weighted by Crippen LogP contribution is -2.53.